The molecule has 2 heterocycles. The number of benzene rings is 2. The summed E-state index contributed by atoms with van der Waals surface area (Å²) in [7, 11) is 0. The molecule has 152 valence electrons. The lowest BCUT2D eigenvalue weighted by Gasteiger charge is -2.23. The zero-order valence-corrected chi connectivity index (χ0v) is 17.7. The second-order valence-corrected chi connectivity index (χ2v) is 7.96. The van der Waals surface area contributed by atoms with E-state index in [9.17, 15) is 14.4 Å². The summed E-state index contributed by atoms with van der Waals surface area (Å²) < 4.78 is 0.865. The van der Waals surface area contributed by atoms with Crippen LogP contribution in [0.3, 0.4) is 0 Å². The van der Waals surface area contributed by atoms with Crippen LogP contribution in [-0.4, -0.2) is 21.8 Å². The highest BCUT2D eigenvalue weighted by atomic mass is 79.9. The quantitative estimate of drug-likeness (QED) is 0.443. The summed E-state index contributed by atoms with van der Waals surface area (Å²) in [5.41, 5.74) is 0.814. The van der Waals surface area contributed by atoms with Gasteiger partial charge in [-0.3, -0.25) is 19.4 Å². The number of rotatable bonds is 4. The van der Waals surface area contributed by atoms with E-state index in [0.29, 0.717) is 16.4 Å². The minimum Gasteiger partial charge on any atom is -0.326 e. The van der Waals surface area contributed by atoms with E-state index in [0.717, 1.165) is 4.47 Å². The molecule has 1 aromatic heterocycles. The Morgan fingerprint density at radius 1 is 1.07 bits per heavy atom. The number of nitrogens with one attached hydrogen (secondary N) is 4. The van der Waals surface area contributed by atoms with E-state index in [2.05, 4.69) is 41.8 Å². The number of carbonyl (C=O) groups is 2. The third-order valence-electron chi connectivity index (χ3n) is 4.49. The van der Waals surface area contributed by atoms with Crippen LogP contribution in [0.25, 0.3) is 0 Å². The summed E-state index contributed by atoms with van der Waals surface area (Å²) in [5.74, 6) is -1.62. The third-order valence-corrected chi connectivity index (χ3v) is 5.27. The van der Waals surface area contributed by atoms with Gasteiger partial charge in [-0.15, -0.1) is 0 Å². The molecule has 2 amide bonds. The molecule has 1 atom stereocenters. The van der Waals surface area contributed by atoms with Gasteiger partial charge in [-0.2, -0.15) is 4.98 Å². The lowest BCUT2D eigenvalue weighted by atomic mass is 9.92. The highest BCUT2D eigenvalue weighted by molar-refractivity contribution is 9.10. The Morgan fingerprint density at radius 3 is 2.43 bits per heavy atom. The van der Waals surface area contributed by atoms with Gasteiger partial charge in [-0.05, 0) is 48.5 Å². The first-order chi connectivity index (χ1) is 14.4. The molecule has 0 aliphatic carbocycles. The molecule has 0 saturated carbocycles. The Balaban J connectivity index is 1.62. The van der Waals surface area contributed by atoms with E-state index in [1.54, 1.807) is 48.5 Å². The Morgan fingerprint density at radius 2 is 1.73 bits per heavy atom. The molecule has 10 heteroatoms. The predicted molar refractivity (Wildman–Crippen MR) is 118 cm³/mol. The van der Waals surface area contributed by atoms with Crippen molar-refractivity contribution in [2.24, 2.45) is 0 Å². The Hall–Kier alpha value is -3.17. The van der Waals surface area contributed by atoms with Gasteiger partial charge < -0.3 is 16.0 Å². The molecule has 0 fully saturated rings. The average molecular weight is 489 g/mol. The Labute approximate surface area is 184 Å². The molecule has 8 nitrogen and oxygen atoms in total. The number of H-pyrrole nitrogens is 1. The maximum atomic E-state index is 12.8. The number of halogens is 2. The molecular formula is C20H15BrClN5O3. The molecule has 4 rings (SSSR count). The Kier molecular flexibility index (Phi) is 5.56. The van der Waals surface area contributed by atoms with Crippen molar-refractivity contribution in [3.63, 3.8) is 0 Å². The number of aromatic nitrogens is 2. The predicted octanol–water partition coefficient (Wildman–Crippen LogP) is 3.99. The van der Waals surface area contributed by atoms with Gasteiger partial charge in [0.2, 0.25) is 17.8 Å². The standard InChI is InChI=1S/C20H15BrClN5O3/c21-10-1-5-12(6-2-10)23-18(29)14-9-15(28)25-17-16(14)19(30)27-20(26-17)24-13-7-3-11(22)4-8-13/h1-8,14H,9H2,(H,23,29)(H3,24,25,26,27,28,30). The van der Waals surface area contributed by atoms with Crippen molar-refractivity contribution in [1.82, 2.24) is 9.97 Å². The van der Waals surface area contributed by atoms with E-state index >= 15 is 0 Å². The molecule has 0 spiro atoms. The van der Waals surface area contributed by atoms with Crippen molar-refractivity contribution in [2.75, 3.05) is 16.0 Å². The van der Waals surface area contributed by atoms with Crippen LogP contribution >= 0.6 is 27.5 Å². The molecule has 3 aromatic rings. The fourth-order valence-electron chi connectivity index (χ4n) is 3.09. The lowest BCUT2D eigenvalue weighted by Crippen LogP contribution is -2.36. The van der Waals surface area contributed by atoms with E-state index < -0.39 is 23.3 Å². The first-order valence-corrected chi connectivity index (χ1v) is 10.1. The van der Waals surface area contributed by atoms with Gasteiger partial charge in [-0.25, -0.2) is 0 Å². The fraction of sp³-hybridized carbons (Fsp3) is 0.100. The van der Waals surface area contributed by atoms with Gasteiger partial charge in [0.25, 0.3) is 5.56 Å². The molecule has 0 saturated heterocycles. The first kappa shape index (κ1) is 20.1. The van der Waals surface area contributed by atoms with Crippen LogP contribution in [0.5, 0.6) is 0 Å². The SMILES string of the molecule is O=C1CC(C(=O)Nc2ccc(Br)cc2)c2c(nc(Nc3ccc(Cl)cc3)[nH]c2=O)N1. The zero-order chi connectivity index (χ0) is 21.3. The van der Waals surface area contributed by atoms with Gasteiger partial charge in [0, 0.05) is 27.3 Å². The second kappa shape index (κ2) is 8.29. The minimum atomic E-state index is -0.960. The first-order valence-electron chi connectivity index (χ1n) is 8.92. The van der Waals surface area contributed by atoms with E-state index in [1.807, 2.05) is 0 Å². The molecule has 0 bridgehead atoms. The van der Waals surface area contributed by atoms with E-state index in [4.69, 9.17) is 11.6 Å². The molecule has 2 aromatic carbocycles. The number of amides is 2. The van der Waals surface area contributed by atoms with Gasteiger partial charge >= 0.3 is 0 Å². The third kappa shape index (κ3) is 4.37. The number of hydrogen-bond donors (Lipinski definition) is 4. The van der Waals surface area contributed by atoms with Gasteiger partial charge in [-0.1, -0.05) is 27.5 Å². The van der Waals surface area contributed by atoms with Crippen LogP contribution in [0.15, 0.2) is 57.8 Å². The van der Waals surface area contributed by atoms with Crippen molar-refractivity contribution in [3.8, 4) is 0 Å². The van der Waals surface area contributed by atoms with Crippen molar-refractivity contribution < 1.29 is 9.59 Å². The number of hydrogen-bond acceptors (Lipinski definition) is 5. The number of anilines is 4. The minimum absolute atomic E-state index is 0.0578. The molecule has 4 N–H and O–H groups in total. The van der Waals surface area contributed by atoms with E-state index in [1.165, 1.54) is 0 Å². The van der Waals surface area contributed by atoms with Gasteiger partial charge in [0.05, 0.1) is 11.5 Å². The zero-order valence-electron chi connectivity index (χ0n) is 15.3. The highest BCUT2D eigenvalue weighted by Gasteiger charge is 2.34. The number of nitrogens with zero attached hydrogens (tertiary/aromatic N) is 1. The topological polar surface area (TPSA) is 116 Å². The summed E-state index contributed by atoms with van der Waals surface area (Å²) in [4.78, 5) is 44.6. The number of aromatic amines is 1. The molecular weight excluding hydrogens is 474 g/mol. The van der Waals surface area contributed by atoms with Crippen LogP contribution < -0.4 is 21.5 Å². The van der Waals surface area contributed by atoms with Crippen molar-refractivity contribution in [2.45, 2.75) is 12.3 Å². The van der Waals surface area contributed by atoms with E-state index in [-0.39, 0.29) is 23.8 Å². The molecule has 1 aliphatic heterocycles. The molecule has 0 radical (unpaired) electrons. The summed E-state index contributed by atoms with van der Waals surface area (Å²) in [6.45, 7) is 0. The largest absolute Gasteiger partial charge is 0.326 e. The molecule has 1 unspecified atom stereocenters. The van der Waals surface area contributed by atoms with Crippen LogP contribution in [-0.2, 0) is 9.59 Å². The van der Waals surface area contributed by atoms with Crippen molar-refractivity contribution >= 4 is 62.5 Å². The highest BCUT2D eigenvalue weighted by Crippen LogP contribution is 2.30. The summed E-state index contributed by atoms with van der Waals surface area (Å²) >= 11 is 9.20. The van der Waals surface area contributed by atoms with Crippen molar-refractivity contribution in [3.05, 3.63) is 73.9 Å². The van der Waals surface area contributed by atoms with Crippen LogP contribution in [0.4, 0.5) is 23.1 Å². The lowest BCUT2D eigenvalue weighted by molar-refractivity contribution is -0.123. The summed E-state index contributed by atoms with van der Waals surface area (Å²) in [5, 5.41) is 8.83. The van der Waals surface area contributed by atoms with Gasteiger partial charge in [0.1, 0.15) is 5.82 Å². The molecule has 30 heavy (non-hydrogen) atoms. The van der Waals surface area contributed by atoms with Crippen LogP contribution in [0, 0.1) is 0 Å². The second-order valence-electron chi connectivity index (χ2n) is 6.61. The summed E-state index contributed by atoms with van der Waals surface area (Å²) in [6.07, 6.45) is -0.149. The van der Waals surface area contributed by atoms with Crippen LogP contribution in [0.2, 0.25) is 5.02 Å². The fourth-order valence-corrected chi connectivity index (χ4v) is 3.48. The summed E-state index contributed by atoms with van der Waals surface area (Å²) in [6, 6.07) is 13.8. The van der Waals surface area contributed by atoms with Crippen molar-refractivity contribution in [1.29, 1.82) is 0 Å². The maximum Gasteiger partial charge on any atom is 0.258 e. The smallest absolute Gasteiger partial charge is 0.258 e. The Bertz CT molecular complexity index is 1180. The number of carbonyl (C=O) groups excluding carboxylic acids is 2. The average Bonchev–Trinajstić information content (AvgIpc) is 2.70. The van der Waals surface area contributed by atoms with Gasteiger partial charge in [0.15, 0.2) is 0 Å². The monoisotopic (exact) mass is 487 g/mol. The normalized spacial score (nSPS) is 15.1. The maximum absolute atomic E-state index is 12.8. The molecule has 1 aliphatic rings. The number of fused-ring (bicyclic) bond motifs is 1. The van der Waals surface area contributed by atoms with Crippen LogP contribution in [0.1, 0.15) is 17.9 Å².